The number of hydrogen-bond donors (Lipinski definition) is 2. The fourth-order valence-electron chi connectivity index (χ4n) is 2.45. The van der Waals surface area contributed by atoms with Crippen molar-refractivity contribution in [1.82, 2.24) is 0 Å². The van der Waals surface area contributed by atoms with Crippen molar-refractivity contribution in [2.75, 3.05) is 7.11 Å². The second-order valence-electron chi connectivity index (χ2n) is 5.65. The molecule has 1 aromatic carbocycles. The lowest BCUT2D eigenvalue weighted by atomic mass is 9.74. The molecule has 0 aliphatic carbocycles. The van der Waals surface area contributed by atoms with Crippen molar-refractivity contribution in [3.8, 4) is 18.1 Å². The smallest absolute Gasteiger partial charge is 0.307 e. The molecule has 0 heterocycles. The number of carbonyl (C=O) groups is 1. The van der Waals surface area contributed by atoms with Gasteiger partial charge in [0.25, 0.3) is 0 Å². The van der Waals surface area contributed by atoms with Gasteiger partial charge in [0.1, 0.15) is 11.4 Å². The highest BCUT2D eigenvalue weighted by atomic mass is 79.9. The highest BCUT2D eigenvalue weighted by Gasteiger charge is 2.37. The van der Waals surface area contributed by atoms with E-state index in [2.05, 4.69) is 21.9 Å². The number of carboxylic acid groups (broad SMARTS) is 1. The Morgan fingerprint density at radius 1 is 1.48 bits per heavy atom. The zero-order valence-corrected chi connectivity index (χ0v) is 13.9. The summed E-state index contributed by atoms with van der Waals surface area (Å²) in [7, 11) is 1.56. The van der Waals surface area contributed by atoms with Gasteiger partial charge in [-0.2, -0.15) is 0 Å². The van der Waals surface area contributed by atoms with E-state index in [0.29, 0.717) is 5.75 Å². The summed E-state index contributed by atoms with van der Waals surface area (Å²) in [6.07, 6.45) is 4.95. The zero-order chi connectivity index (χ0) is 16.3. The van der Waals surface area contributed by atoms with E-state index in [1.807, 2.05) is 32.0 Å². The molecule has 0 aliphatic rings. The maximum absolute atomic E-state index is 10.9. The molecule has 0 aliphatic heterocycles. The summed E-state index contributed by atoms with van der Waals surface area (Å²) < 4.78 is 6.21. The monoisotopic (exact) mass is 354 g/mol. The van der Waals surface area contributed by atoms with Gasteiger partial charge in [-0.25, -0.2) is 0 Å². The second-order valence-corrected chi connectivity index (χ2v) is 6.57. The average molecular weight is 355 g/mol. The van der Waals surface area contributed by atoms with Crippen LogP contribution in [0.2, 0.25) is 0 Å². The van der Waals surface area contributed by atoms with E-state index in [0.717, 1.165) is 10.0 Å². The first-order chi connectivity index (χ1) is 9.63. The van der Waals surface area contributed by atoms with Crippen LogP contribution in [0.1, 0.15) is 32.3 Å². The van der Waals surface area contributed by atoms with Crippen molar-refractivity contribution in [1.29, 1.82) is 0 Å². The molecule has 0 fully saturated rings. The maximum atomic E-state index is 10.9. The molecule has 21 heavy (non-hydrogen) atoms. The number of benzene rings is 1. The Morgan fingerprint density at radius 3 is 2.57 bits per heavy atom. The van der Waals surface area contributed by atoms with Gasteiger partial charge >= 0.3 is 5.97 Å². The van der Waals surface area contributed by atoms with E-state index in [4.69, 9.17) is 16.3 Å². The van der Waals surface area contributed by atoms with E-state index in [-0.39, 0.29) is 6.42 Å². The molecule has 0 saturated heterocycles. The predicted octanol–water partition coefficient (Wildman–Crippen LogP) is 2.96. The Labute approximate surface area is 133 Å². The van der Waals surface area contributed by atoms with Crippen molar-refractivity contribution in [2.45, 2.75) is 37.7 Å². The number of aliphatic hydroxyl groups is 1. The highest BCUT2D eigenvalue weighted by Crippen LogP contribution is 2.39. The Balaban J connectivity index is 3.19. The lowest BCUT2D eigenvalue weighted by molar-refractivity contribution is -0.141. The molecule has 2 N–H and O–H groups in total. The first kappa shape index (κ1) is 17.5. The lowest BCUT2D eigenvalue weighted by Crippen LogP contribution is -2.37. The number of aliphatic carboxylic acids is 1. The molecule has 0 spiro atoms. The fraction of sp³-hybridized carbons (Fsp3) is 0.438. The summed E-state index contributed by atoms with van der Waals surface area (Å²) in [4.78, 5) is 10.9. The molecule has 1 atom stereocenters. The summed E-state index contributed by atoms with van der Waals surface area (Å²) in [6, 6.07) is 5.55. The van der Waals surface area contributed by atoms with Crippen LogP contribution >= 0.6 is 15.9 Å². The van der Waals surface area contributed by atoms with Crippen molar-refractivity contribution in [2.24, 2.45) is 0 Å². The van der Waals surface area contributed by atoms with Crippen molar-refractivity contribution in [3.63, 3.8) is 0 Å². The molecule has 114 valence electrons. The third kappa shape index (κ3) is 4.48. The van der Waals surface area contributed by atoms with Gasteiger partial charge < -0.3 is 14.9 Å². The predicted molar refractivity (Wildman–Crippen MR) is 84.4 cm³/mol. The van der Waals surface area contributed by atoms with Gasteiger partial charge in [-0.1, -0.05) is 35.7 Å². The minimum atomic E-state index is -1.71. The van der Waals surface area contributed by atoms with Gasteiger partial charge in [0.2, 0.25) is 0 Å². The van der Waals surface area contributed by atoms with Crippen LogP contribution in [0.25, 0.3) is 0 Å². The van der Waals surface area contributed by atoms with E-state index in [1.165, 1.54) is 0 Å². The van der Waals surface area contributed by atoms with Crippen LogP contribution in [0, 0.1) is 12.3 Å². The van der Waals surface area contributed by atoms with Crippen LogP contribution in [0.3, 0.4) is 0 Å². The molecule has 1 aromatic rings. The van der Waals surface area contributed by atoms with Crippen molar-refractivity contribution in [3.05, 3.63) is 28.2 Å². The lowest BCUT2D eigenvalue weighted by Gasteiger charge is -2.33. The van der Waals surface area contributed by atoms with Gasteiger partial charge in [-0.05, 0) is 30.0 Å². The number of terminal acetylenes is 1. The molecule has 0 aromatic heterocycles. The SMILES string of the molecule is C#CC(O)(CC(=O)O)CC(C)(C)c1cc(Br)ccc1OC. The quantitative estimate of drug-likeness (QED) is 0.770. The van der Waals surface area contributed by atoms with Gasteiger partial charge in [0.15, 0.2) is 0 Å². The van der Waals surface area contributed by atoms with Gasteiger partial charge in [0, 0.05) is 10.0 Å². The number of rotatable bonds is 6. The van der Waals surface area contributed by atoms with Crippen LogP contribution in [-0.4, -0.2) is 28.9 Å². The van der Waals surface area contributed by atoms with Gasteiger partial charge in [0.05, 0.1) is 13.5 Å². The third-order valence-corrected chi connectivity index (χ3v) is 3.83. The number of methoxy groups -OCH3 is 1. The average Bonchev–Trinajstić information content (AvgIpc) is 2.37. The number of halogens is 1. The fourth-order valence-corrected chi connectivity index (χ4v) is 2.81. The molecule has 0 radical (unpaired) electrons. The molecular formula is C16H19BrO4. The van der Waals surface area contributed by atoms with Crippen LogP contribution in [0.5, 0.6) is 5.75 Å². The molecule has 0 bridgehead atoms. The third-order valence-electron chi connectivity index (χ3n) is 3.34. The summed E-state index contributed by atoms with van der Waals surface area (Å²) in [5, 5.41) is 19.3. The minimum absolute atomic E-state index is 0.107. The Hall–Kier alpha value is -1.51. The molecular weight excluding hydrogens is 336 g/mol. The largest absolute Gasteiger partial charge is 0.496 e. The first-order valence-electron chi connectivity index (χ1n) is 6.39. The maximum Gasteiger partial charge on any atom is 0.307 e. The molecule has 0 saturated carbocycles. The van der Waals surface area contributed by atoms with Crippen molar-refractivity contribution >= 4 is 21.9 Å². The highest BCUT2D eigenvalue weighted by molar-refractivity contribution is 9.10. The standard InChI is InChI=1S/C16H19BrO4/c1-5-16(20,9-14(18)19)10-15(2,3)12-8-11(17)6-7-13(12)21-4/h1,6-8,20H,9-10H2,2-4H3,(H,18,19). The summed E-state index contributed by atoms with van der Waals surface area (Å²) >= 11 is 3.40. The van der Waals surface area contributed by atoms with Crippen LogP contribution in [0.15, 0.2) is 22.7 Å². The van der Waals surface area contributed by atoms with Gasteiger partial charge in [-0.15, -0.1) is 6.42 Å². The van der Waals surface area contributed by atoms with E-state index in [1.54, 1.807) is 7.11 Å². The minimum Gasteiger partial charge on any atom is -0.496 e. The van der Waals surface area contributed by atoms with Crippen molar-refractivity contribution < 1.29 is 19.7 Å². The number of carboxylic acids is 1. The van der Waals surface area contributed by atoms with Gasteiger partial charge in [-0.3, -0.25) is 4.79 Å². The molecule has 5 heteroatoms. The zero-order valence-electron chi connectivity index (χ0n) is 12.3. The summed E-state index contributed by atoms with van der Waals surface area (Å²) in [5.41, 5.74) is -1.42. The summed E-state index contributed by atoms with van der Waals surface area (Å²) in [5.74, 6) is 1.74. The van der Waals surface area contributed by atoms with Crippen LogP contribution < -0.4 is 4.74 Å². The topological polar surface area (TPSA) is 66.8 Å². The first-order valence-corrected chi connectivity index (χ1v) is 7.19. The Bertz CT molecular complexity index is 574. The van der Waals surface area contributed by atoms with E-state index >= 15 is 0 Å². The molecule has 0 amide bonds. The normalized spacial score (nSPS) is 14.1. The number of hydrogen-bond acceptors (Lipinski definition) is 3. The molecule has 4 nitrogen and oxygen atoms in total. The van der Waals surface area contributed by atoms with Crippen LogP contribution in [-0.2, 0) is 10.2 Å². The Kier molecular flexibility index (Phi) is 5.43. The van der Waals surface area contributed by atoms with Crippen LogP contribution in [0.4, 0.5) is 0 Å². The molecule has 1 unspecified atom stereocenters. The number of ether oxygens (including phenoxy) is 1. The second kappa shape index (κ2) is 6.50. The molecule has 1 rings (SSSR count). The van der Waals surface area contributed by atoms with E-state index < -0.39 is 23.4 Å². The van der Waals surface area contributed by atoms with E-state index in [9.17, 15) is 9.90 Å². The summed E-state index contributed by atoms with van der Waals surface area (Å²) in [6.45, 7) is 3.78. The Morgan fingerprint density at radius 2 is 2.10 bits per heavy atom.